The molecule has 0 atom stereocenters. The molecular formula is C80H83Ir3N6O9Si3-3. The molecule has 0 fully saturated rings. The van der Waals surface area contributed by atoms with Gasteiger partial charge in [0, 0.05) is 125 Å². The number of fused-ring (bicyclic) bond motifs is 9. The minimum atomic E-state index is -1.75. The Labute approximate surface area is 633 Å². The summed E-state index contributed by atoms with van der Waals surface area (Å²) in [6, 6.07) is 52.4. The number of benzene rings is 4. The molecule has 9 aromatic heterocycles. The maximum absolute atomic E-state index is 10.0. The third kappa shape index (κ3) is 22.2. The Morgan fingerprint density at radius 1 is 0.426 bits per heavy atom. The summed E-state index contributed by atoms with van der Waals surface area (Å²) in [6.07, 6.45) is 14.4. The van der Waals surface area contributed by atoms with Crippen molar-refractivity contribution in [1.82, 2.24) is 29.9 Å². The molecule has 0 bridgehead atoms. The monoisotopic (exact) mass is 1930 g/mol. The summed E-state index contributed by atoms with van der Waals surface area (Å²) < 4.78 is 17.9. The van der Waals surface area contributed by atoms with Crippen molar-refractivity contribution in [3.8, 4) is 33.8 Å². The van der Waals surface area contributed by atoms with E-state index < -0.39 is 24.2 Å². The van der Waals surface area contributed by atoms with Crippen molar-refractivity contribution >= 4 is 128 Å². The van der Waals surface area contributed by atoms with Crippen LogP contribution in [0.1, 0.15) is 58.6 Å². The number of hydrogen-bond donors (Lipinski definition) is 3. The van der Waals surface area contributed by atoms with Gasteiger partial charge < -0.3 is 48.5 Å². The Morgan fingerprint density at radius 3 is 1.37 bits per heavy atom. The number of aromatic nitrogens is 6. The van der Waals surface area contributed by atoms with E-state index in [1.54, 1.807) is 6.20 Å². The number of para-hydroxylation sites is 1. The van der Waals surface area contributed by atoms with Gasteiger partial charge in [0.2, 0.25) is 5.71 Å². The first-order valence-electron chi connectivity index (χ1n) is 32.0. The number of aliphatic hydroxyl groups excluding tert-OH is 3. The van der Waals surface area contributed by atoms with E-state index in [0.717, 1.165) is 111 Å². The summed E-state index contributed by atoms with van der Waals surface area (Å²) in [4.78, 5) is 57.4. The number of aliphatic hydroxyl groups is 3. The second-order valence-electron chi connectivity index (χ2n) is 26.5. The van der Waals surface area contributed by atoms with Crippen molar-refractivity contribution in [1.29, 1.82) is 0 Å². The summed E-state index contributed by atoms with van der Waals surface area (Å²) in [5.41, 5.74) is 13.2. The molecule has 4 aromatic carbocycles. The van der Waals surface area contributed by atoms with E-state index in [9.17, 15) is 14.4 Å². The predicted octanol–water partition coefficient (Wildman–Crippen LogP) is 17.5. The molecule has 0 saturated carbocycles. The van der Waals surface area contributed by atoms with Gasteiger partial charge >= 0.3 is 0 Å². The zero-order valence-electron chi connectivity index (χ0n) is 59.7. The number of pyridine rings is 6. The fraction of sp³-hybridized carbons (Fsp3) is 0.212. The normalized spacial score (nSPS) is 11.6. The summed E-state index contributed by atoms with van der Waals surface area (Å²) in [5.74, 6) is -0.187. The number of aryl methyl sites for hydroxylation is 3. The fourth-order valence-corrected chi connectivity index (χ4v) is 14.9. The van der Waals surface area contributed by atoms with Crippen LogP contribution in [0.5, 0.6) is 0 Å². The number of carbonyl (C=O) groups is 3. The molecule has 0 aliphatic carbocycles. The average molecular weight is 1930 g/mol. The van der Waals surface area contributed by atoms with Crippen molar-refractivity contribution in [3.05, 3.63) is 229 Å². The molecule has 0 unspecified atom stereocenters. The van der Waals surface area contributed by atoms with Gasteiger partial charge in [0.05, 0.1) is 55.9 Å². The van der Waals surface area contributed by atoms with Gasteiger partial charge in [-0.25, -0.2) is 4.98 Å². The third-order valence-corrected chi connectivity index (χ3v) is 23.2. The number of hydrogen-bond acceptors (Lipinski definition) is 15. The molecule has 13 aromatic rings. The van der Waals surface area contributed by atoms with E-state index >= 15 is 0 Å². The number of allylic oxidation sites excluding steroid dienone is 6. The Bertz CT molecular complexity index is 5040. The van der Waals surface area contributed by atoms with Crippen molar-refractivity contribution in [2.45, 2.75) is 115 Å². The Balaban J connectivity index is 0.000000237. The molecule has 529 valence electrons. The van der Waals surface area contributed by atoms with Crippen molar-refractivity contribution < 1.29 is 103 Å². The van der Waals surface area contributed by atoms with Gasteiger partial charge in [0.15, 0.2) is 17.3 Å². The van der Waals surface area contributed by atoms with Crippen LogP contribution in [0.3, 0.4) is 0 Å². The molecule has 0 aliphatic heterocycles. The first-order valence-corrected chi connectivity index (χ1v) is 42.0. The number of rotatable bonds is 10. The Kier molecular flexibility index (Phi) is 29.9. The molecule has 13 rings (SSSR count). The molecule has 15 nitrogen and oxygen atoms in total. The SMILES string of the molecule is CC(=O)C=C(C)O.CC(=O)C=C(C)O.CC(=O)C=C(C)O.C[Si](C)(C)c1ccc(-c2[c-]ncc3c2oc2ccccc23)nc1.Cc1cc2c(oc3c[c-]c(-c4ccc([Si](C)(C)C)cn4)cc32)c(C)n1.Cc1ccc2c(n1)oc1c[c-]c(-c3ccc([Si](C)(C)c4ccccc4)cn3)cc12.[Ir].[Ir].[Ir]. The largest absolute Gasteiger partial charge is 0.512 e. The van der Waals surface area contributed by atoms with E-state index in [0.29, 0.717) is 5.71 Å². The summed E-state index contributed by atoms with van der Waals surface area (Å²) in [7, 11) is -4.43. The van der Waals surface area contributed by atoms with Crippen LogP contribution in [0.25, 0.3) is 99.7 Å². The quantitative estimate of drug-likeness (QED) is 0.0500. The zero-order chi connectivity index (χ0) is 71.4. The molecule has 0 spiro atoms. The molecule has 101 heavy (non-hydrogen) atoms. The molecule has 21 heteroatoms. The van der Waals surface area contributed by atoms with Gasteiger partial charge in [-0.15, -0.1) is 47.5 Å². The number of furan rings is 3. The predicted molar refractivity (Wildman–Crippen MR) is 405 cm³/mol. The van der Waals surface area contributed by atoms with Crippen molar-refractivity contribution in [3.63, 3.8) is 0 Å². The Hall–Kier alpha value is -8.59. The van der Waals surface area contributed by atoms with Crippen LogP contribution in [0.15, 0.2) is 207 Å². The zero-order valence-corrected chi connectivity index (χ0v) is 69.9. The van der Waals surface area contributed by atoms with E-state index in [4.69, 9.17) is 33.6 Å². The average Bonchev–Trinajstić information content (AvgIpc) is 1.67. The minimum Gasteiger partial charge on any atom is -0.512 e. The van der Waals surface area contributed by atoms with E-state index in [1.165, 1.54) is 80.5 Å². The van der Waals surface area contributed by atoms with Gasteiger partial charge in [-0.3, -0.25) is 19.4 Å². The van der Waals surface area contributed by atoms with E-state index in [1.807, 2.05) is 87.9 Å². The first kappa shape index (κ1) is 83.1. The summed E-state index contributed by atoms with van der Waals surface area (Å²) in [5, 5.41) is 36.9. The van der Waals surface area contributed by atoms with Crippen LogP contribution >= 0.6 is 0 Å². The maximum atomic E-state index is 10.0. The second-order valence-corrected chi connectivity index (χ2v) is 41.1. The van der Waals surface area contributed by atoms with Crippen molar-refractivity contribution in [2.24, 2.45) is 0 Å². The van der Waals surface area contributed by atoms with Crippen LogP contribution in [-0.4, -0.2) is 86.8 Å². The van der Waals surface area contributed by atoms with E-state index in [-0.39, 0.29) is 94.9 Å². The second kappa shape index (κ2) is 36.3. The van der Waals surface area contributed by atoms with E-state index in [2.05, 4.69) is 181 Å². The molecule has 3 N–H and O–H groups in total. The maximum Gasteiger partial charge on any atom is 0.216 e. The third-order valence-electron chi connectivity index (χ3n) is 15.6. The molecule has 0 amide bonds. The van der Waals surface area contributed by atoms with Gasteiger partial charge in [0.1, 0.15) is 19.2 Å². The number of nitrogens with zero attached hydrogens (tertiary/aromatic N) is 6. The summed E-state index contributed by atoms with van der Waals surface area (Å²) >= 11 is 0. The molecule has 0 aliphatic rings. The first-order chi connectivity index (χ1) is 46.3. The number of ketones is 3. The Morgan fingerprint density at radius 2 is 0.891 bits per heavy atom. The molecule has 9 heterocycles. The van der Waals surface area contributed by atoms with Crippen molar-refractivity contribution in [2.75, 3.05) is 0 Å². The van der Waals surface area contributed by atoms with Gasteiger partial charge in [-0.05, 0) is 137 Å². The van der Waals surface area contributed by atoms with Crippen LogP contribution < -0.4 is 20.7 Å². The molecular weight excluding hydrogens is 1850 g/mol. The van der Waals surface area contributed by atoms with Crippen LogP contribution in [0.4, 0.5) is 0 Å². The van der Waals surface area contributed by atoms with Gasteiger partial charge in [-0.2, -0.15) is 0 Å². The van der Waals surface area contributed by atoms with Gasteiger partial charge in [0.25, 0.3) is 0 Å². The minimum absolute atomic E-state index is 0. The summed E-state index contributed by atoms with van der Waals surface area (Å²) in [6.45, 7) is 33.2. The molecule has 3 radical (unpaired) electrons. The van der Waals surface area contributed by atoms with Gasteiger partial charge in [-0.1, -0.05) is 159 Å². The topological polar surface area (TPSA) is 229 Å². The van der Waals surface area contributed by atoms with Crippen LogP contribution in [-0.2, 0) is 74.7 Å². The smallest absolute Gasteiger partial charge is 0.216 e. The van der Waals surface area contributed by atoms with Crippen LogP contribution in [0.2, 0.25) is 52.4 Å². The van der Waals surface area contributed by atoms with Crippen LogP contribution in [0, 0.1) is 39.1 Å². The number of carbonyl (C=O) groups excluding carboxylic acids is 3. The standard InChI is InChI=1S/C25H21N2OSi.C21H21N2OSi.C19H17N2OSi.3C5H8O2.3Ir/c1-17-9-12-21-22-15-18(10-14-24(22)28-25(21)27-17)23-13-11-20(16-26-23)29(2,3)19-7-5-4-6-8-19;1-13-10-18-17-11-15(6-9-20(17)24-21(18)14(2)23-13)19-8-7-16(12-22-19)25(3,4)5;1-23(2,3)13-8-9-17(21-10-13)16-12-20-11-15-14-6-4-5-7-18(14)22-19(15)16;3*1-4(6)3-5(2)7;;;/h4-9,11-16H,1-3H3;7-12H,1-5H3;4-11H,1-3H3;3*3,6H,1-2H3;;;/q3*-1;;;;;;. The fourth-order valence-electron chi connectivity index (χ4n) is 10.6. The molecule has 0 saturated heterocycles.